The highest BCUT2D eigenvalue weighted by atomic mass is 32.1. The molecule has 24 heavy (non-hydrogen) atoms. The van der Waals surface area contributed by atoms with Gasteiger partial charge in [0.05, 0.1) is 6.04 Å². The summed E-state index contributed by atoms with van der Waals surface area (Å²) in [5.74, 6) is 3.63. The van der Waals surface area contributed by atoms with E-state index in [1.807, 2.05) is 22.5 Å². The van der Waals surface area contributed by atoms with Crippen LogP contribution in [-0.4, -0.2) is 22.3 Å². The van der Waals surface area contributed by atoms with Crippen molar-refractivity contribution >= 4 is 17.2 Å². The molecule has 0 bridgehead atoms. The van der Waals surface area contributed by atoms with E-state index in [-0.39, 0.29) is 11.9 Å². The number of nitrogens with zero attached hydrogens (tertiary/aromatic N) is 2. The van der Waals surface area contributed by atoms with Crippen LogP contribution in [0.3, 0.4) is 0 Å². The zero-order valence-corrected chi connectivity index (χ0v) is 14.9. The Bertz CT molecular complexity index is 694. The molecule has 0 spiro atoms. The van der Waals surface area contributed by atoms with Crippen LogP contribution in [0.1, 0.15) is 67.5 Å². The van der Waals surface area contributed by atoms with Gasteiger partial charge in [0.1, 0.15) is 16.5 Å². The number of likely N-dealkylation sites (tertiary alicyclic amines) is 1. The molecule has 3 atom stereocenters. The number of piperidine rings is 1. The summed E-state index contributed by atoms with van der Waals surface area (Å²) in [6.07, 6.45) is 7.59. The number of carbonyl (C=O) groups excluding carboxylic acids is 1. The average Bonchev–Trinajstić information content (AvgIpc) is 3.03. The van der Waals surface area contributed by atoms with Crippen molar-refractivity contribution in [3.63, 3.8) is 0 Å². The molecule has 2 fully saturated rings. The van der Waals surface area contributed by atoms with E-state index in [2.05, 4.69) is 18.0 Å². The van der Waals surface area contributed by atoms with E-state index in [1.165, 1.54) is 12.8 Å². The fourth-order valence-corrected chi connectivity index (χ4v) is 4.49. The minimum absolute atomic E-state index is 0.172. The molecule has 1 aliphatic carbocycles. The summed E-state index contributed by atoms with van der Waals surface area (Å²) >= 11 is 1.66. The van der Waals surface area contributed by atoms with E-state index in [4.69, 9.17) is 4.42 Å². The molecule has 0 unspecified atom stereocenters. The predicted molar refractivity (Wildman–Crippen MR) is 94.0 cm³/mol. The Morgan fingerprint density at radius 3 is 3.04 bits per heavy atom. The molecule has 1 aliphatic heterocycles. The molecule has 1 amide bonds. The van der Waals surface area contributed by atoms with Crippen molar-refractivity contribution in [2.45, 2.75) is 57.4 Å². The molecule has 2 aromatic heterocycles. The van der Waals surface area contributed by atoms with Gasteiger partial charge in [0.15, 0.2) is 0 Å². The molecule has 1 saturated carbocycles. The van der Waals surface area contributed by atoms with E-state index < -0.39 is 0 Å². The topological polar surface area (TPSA) is 46.3 Å². The van der Waals surface area contributed by atoms with E-state index in [0.29, 0.717) is 18.8 Å². The molecule has 4 nitrogen and oxygen atoms in total. The lowest BCUT2D eigenvalue weighted by atomic mass is 10.0. The number of hydrogen-bond acceptors (Lipinski definition) is 4. The van der Waals surface area contributed by atoms with Crippen molar-refractivity contribution in [1.82, 2.24) is 9.88 Å². The monoisotopic (exact) mass is 344 g/mol. The fraction of sp³-hybridized carbons (Fsp3) is 0.579. The summed E-state index contributed by atoms with van der Waals surface area (Å²) in [6, 6.07) is 4.31. The second-order valence-electron chi connectivity index (χ2n) is 7.09. The molecule has 5 heteroatoms. The SMILES string of the molecule is C[C@@H]1C[C@H]1c1ccc(CCC(=O)N2CCCC[C@H]2c2nccs2)o1. The Morgan fingerprint density at radius 1 is 1.42 bits per heavy atom. The van der Waals surface area contributed by atoms with Gasteiger partial charge in [-0.1, -0.05) is 6.92 Å². The quantitative estimate of drug-likeness (QED) is 0.799. The molecule has 1 saturated heterocycles. The van der Waals surface area contributed by atoms with Crippen LogP contribution in [0.2, 0.25) is 0 Å². The molecular weight excluding hydrogens is 320 g/mol. The van der Waals surface area contributed by atoms with Gasteiger partial charge in [-0.15, -0.1) is 11.3 Å². The van der Waals surface area contributed by atoms with Crippen molar-refractivity contribution in [1.29, 1.82) is 0 Å². The van der Waals surface area contributed by atoms with E-state index >= 15 is 0 Å². The molecule has 2 aromatic rings. The third kappa shape index (κ3) is 3.27. The Morgan fingerprint density at radius 2 is 2.29 bits per heavy atom. The van der Waals surface area contributed by atoms with Crippen LogP contribution in [0, 0.1) is 5.92 Å². The van der Waals surface area contributed by atoms with Gasteiger partial charge in [-0.2, -0.15) is 0 Å². The number of aromatic nitrogens is 1. The molecule has 0 N–H and O–H groups in total. The van der Waals surface area contributed by atoms with Crippen molar-refractivity contribution in [3.05, 3.63) is 40.2 Å². The van der Waals surface area contributed by atoms with Crippen LogP contribution in [0.5, 0.6) is 0 Å². The summed E-state index contributed by atoms with van der Waals surface area (Å²) < 4.78 is 5.93. The Balaban J connectivity index is 1.37. The van der Waals surface area contributed by atoms with Crippen molar-refractivity contribution in [2.75, 3.05) is 6.54 Å². The van der Waals surface area contributed by atoms with Gasteiger partial charge in [-0.3, -0.25) is 4.79 Å². The second kappa shape index (κ2) is 6.71. The van der Waals surface area contributed by atoms with Crippen LogP contribution in [0.4, 0.5) is 0 Å². The second-order valence-corrected chi connectivity index (χ2v) is 8.02. The number of thiazole rings is 1. The van der Waals surface area contributed by atoms with Gasteiger partial charge in [-0.05, 0) is 43.7 Å². The maximum Gasteiger partial charge on any atom is 0.223 e. The Kier molecular flexibility index (Phi) is 4.44. The Labute approximate surface area is 146 Å². The van der Waals surface area contributed by atoms with E-state index in [1.54, 1.807) is 11.3 Å². The van der Waals surface area contributed by atoms with Gasteiger partial charge in [-0.25, -0.2) is 4.98 Å². The summed E-state index contributed by atoms with van der Waals surface area (Å²) in [5, 5.41) is 3.07. The molecular formula is C19H24N2O2S. The first-order valence-electron chi connectivity index (χ1n) is 9.00. The third-order valence-electron chi connectivity index (χ3n) is 5.30. The third-order valence-corrected chi connectivity index (χ3v) is 6.18. The van der Waals surface area contributed by atoms with Gasteiger partial charge in [0.25, 0.3) is 0 Å². The van der Waals surface area contributed by atoms with Gasteiger partial charge < -0.3 is 9.32 Å². The maximum atomic E-state index is 12.7. The molecule has 3 heterocycles. The largest absolute Gasteiger partial charge is 0.466 e. The van der Waals surface area contributed by atoms with Crippen LogP contribution < -0.4 is 0 Å². The minimum atomic E-state index is 0.172. The van der Waals surface area contributed by atoms with Gasteiger partial charge in [0, 0.05) is 36.9 Å². The summed E-state index contributed by atoms with van der Waals surface area (Å²) in [4.78, 5) is 19.2. The first-order valence-corrected chi connectivity index (χ1v) is 9.88. The van der Waals surface area contributed by atoms with E-state index in [9.17, 15) is 4.79 Å². The van der Waals surface area contributed by atoms with Crippen LogP contribution >= 0.6 is 11.3 Å². The van der Waals surface area contributed by atoms with Gasteiger partial charge in [0.2, 0.25) is 5.91 Å². The fourth-order valence-electron chi connectivity index (χ4n) is 3.71. The summed E-state index contributed by atoms with van der Waals surface area (Å²) in [5.41, 5.74) is 0. The van der Waals surface area contributed by atoms with Crippen molar-refractivity contribution in [2.24, 2.45) is 5.92 Å². The number of amides is 1. The highest BCUT2D eigenvalue weighted by Crippen LogP contribution is 2.47. The average molecular weight is 344 g/mol. The number of aryl methyl sites for hydroxylation is 1. The number of furan rings is 1. The number of carbonyl (C=O) groups is 1. The van der Waals surface area contributed by atoms with Gasteiger partial charge >= 0.3 is 0 Å². The first-order chi connectivity index (χ1) is 11.7. The zero-order valence-electron chi connectivity index (χ0n) is 14.1. The van der Waals surface area contributed by atoms with E-state index in [0.717, 1.165) is 41.8 Å². The number of rotatable bonds is 5. The first kappa shape index (κ1) is 15.9. The van der Waals surface area contributed by atoms with Crippen LogP contribution in [0.15, 0.2) is 28.1 Å². The standard InChI is InChI=1S/C19H24N2O2S/c1-13-12-15(13)17-7-5-14(23-17)6-8-18(22)21-10-3-2-4-16(21)19-20-9-11-24-19/h5,7,9,11,13,15-16H,2-4,6,8,10,12H2,1H3/t13-,15-,16+/m1/s1. The maximum absolute atomic E-state index is 12.7. The lowest BCUT2D eigenvalue weighted by Gasteiger charge is -2.34. The lowest BCUT2D eigenvalue weighted by Crippen LogP contribution is -2.38. The summed E-state index contributed by atoms with van der Waals surface area (Å²) in [7, 11) is 0. The lowest BCUT2D eigenvalue weighted by molar-refractivity contribution is -0.135. The normalized spacial score (nSPS) is 26.5. The van der Waals surface area contributed by atoms with Crippen LogP contribution in [-0.2, 0) is 11.2 Å². The summed E-state index contributed by atoms with van der Waals surface area (Å²) in [6.45, 7) is 3.11. The van der Waals surface area contributed by atoms with Crippen LogP contribution in [0.25, 0.3) is 0 Å². The molecule has 0 aromatic carbocycles. The number of hydrogen-bond donors (Lipinski definition) is 0. The zero-order chi connectivity index (χ0) is 16.5. The predicted octanol–water partition coefficient (Wildman–Crippen LogP) is 4.55. The highest BCUT2D eigenvalue weighted by molar-refractivity contribution is 7.09. The molecule has 4 rings (SSSR count). The molecule has 2 aliphatic rings. The smallest absolute Gasteiger partial charge is 0.223 e. The minimum Gasteiger partial charge on any atom is -0.466 e. The molecule has 0 radical (unpaired) electrons. The van der Waals surface area contributed by atoms with Crippen molar-refractivity contribution < 1.29 is 9.21 Å². The Hall–Kier alpha value is -1.62. The molecule has 128 valence electrons. The van der Waals surface area contributed by atoms with Crippen molar-refractivity contribution in [3.8, 4) is 0 Å². The highest BCUT2D eigenvalue weighted by Gasteiger charge is 2.36.